The summed E-state index contributed by atoms with van der Waals surface area (Å²) < 4.78 is 9.55. The number of esters is 2. The van der Waals surface area contributed by atoms with Gasteiger partial charge in [0.2, 0.25) is 0 Å². The summed E-state index contributed by atoms with van der Waals surface area (Å²) in [7, 11) is 2.33. The molecule has 0 spiro atoms. The number of Topliss-reactive ketones (excluding diaryl/α,β-unsaturated/α-hetero) is 1. The van der Waals surface area contributed by atoms with Gasteiger partial charge in [-0.1, -0.05) is 29.3 Å². The van der Waals surface area contributed by atoms with E-state index in [1.807, 2.05) is 0 Å². The van der Waals surface area contributed by atoms with Crippen LogP contribution in [0.2, 0.25) is 10.0 Å². The zero-order valence-electron chi connectivity index (χ0n) is 13.9. The molecule has 0 aliphatic heterocycles. The average Bonchev–Trinajstić information content (AvgIpc) is 2.54. The summed E-state index contributed by atoms with van der Waals surface area (Å²) in [6, 6.07) is 4.52. The van der Waals surface area contributed by atoms with Gasteiger partial charge in [-0.15, -0.1) is 0 Å². The Labute approximate surface area is 155 Å². The average molecular weight is 389 g/mol. The number of rotatable bonds is 3. The first-order chi connectivity index (χ1) is 11.6. The van der Waals surface area contributed by atoms with Crippen LogP contribution in [0.15, 0.2) is 18.2 Å². The van der Waals surface area contributed by atoms with Gasteiger partial charge in [-0.2, -0.15) is 0 Å². The Hall–Kier alpha value is -1.63. The van der Waals surface area contributed by atoms with Crippen LogP contribution in [0.4, 0.5) is 0 Å². The molecule has 1 fully saturated rings. The molecule has 0 radical (unpaired) electrons. The van der Waals surface area contributed by atoms with Gasteiger partial charge in [-0.3, -0.25) is 14.4 Å². The first-order valence-corrected chi connectivity index (χ1v) is 8.25. The monoisotopic (exact) mass is 388 g/mol. The summed E-state index contributed by atoms with van der Waals surface area (Å²) in [6.07, 6.45) is -0.371. The van der Waals surface area contributed by atoms with Crippen LogP contribution in [0.1, 0.15) is 24.8 Å². The van der Waals surface area contributed by atoms with E-state index in [4.69, 9.17) is 32.7 Å². The van der Waals surface area contributed by atoms with Crippen molar-refractivity contribution in [3.8, 4) is 0 Å². The van der Waals surface area contributed by atoms with Crippen LogP contribution in [-0.4, -0.2) is 42.6 Å². The molecule has 0 bridgehead atoms. The fraction of sp³-hybridized carbons (Fsp3) is 0.471. The molecule has 8 heteroatoms. The standard InChI is InChI=1S/C17H18Cl2O6/c1-17(23)7-11(20)13(15(21)24-2)12(14(17)16(22)25-3)8-4-5-9(18)10(19)6-8/h4-6,12-14,23H,7H2,1-3H3/t12-,13+,14+,17+/m0/s1. The van der Waals surface area contributed by atoms with E-state index in [0.717, 1.165) is 7.11 Å². The number of methoxy groups -OCH3 is 2. The lowest BCUT2D eigenvalue weighted by atomic mass is 9.62. The number of carbonyl (C=O) groups is 3. The maximum absolute atomic E-state index is 12.5. The third-order valence-electron chi connectivity index (χ3n) is 4.51. The summed E-state index contributed by atoms with van der Waals surface area (Å²) in [6.45, 7) is 1.37. The Morgan fingerprint density at radius 3 is 2.28 bits per heavy atom. The molecule has 0 amide bonds. The zero-order valence-corrected chi connectivity index (χ0v) is 15.4. The smallest absolute Gasteiger partial charge is 0.316 e. The minimum atomic E-state index is -1.69. The van der Waals surface area contributed by atoms with Crippen molar-refractivity contribution in [1.82, 2.24) is 0 Å². The molecule has 1 aromatic rings. The number of halogens is 2. The topological polar surface area (TPSA) is 89.9 Å². The maximum atomic E-state index is 12.5. The Balaban J connectivity index is 2.68. The van der Waals surface area contributed by atoms with Gasteiger partial charge in [-0.05, 0) is 24.6 Å². The van der Waals surface area contributed by atoms with E-state index in [0.29, 0.717) is 5.56 Å². The van der Waals surface area contributed by atoms with Crippen molar-refractivity contribution in [2.75, 3.05) is 14.2 Å². The quantitative estimate of drug-likeness (QED) is 0.631. The second kappa shape index (κ2) is 7.32. The first kappa shape index (κ1) is 19.7. The SMILES string of the molecule is COC(=O)[C@@H]1C(=O)C[C@@](C)(O)[C@@H](C(=O)OC)[C@H]1c1ccc(Cl)c(Cl)c1. The molecule has 4 atom stereocenters. The van der Waals surface area contributed by atoms with Crippen molar-refractivity contribution in [2.24, 2.45) is 11.8 Å². The minimum absolute atomic E-state index is 0.198. The van der Waals surface area contributed by atoms with Gasteiger partial charge in [-0.25, -0.2) is 0 Å². The molecular formula is C17H18Cl2O6. The molecule has 2 rings (SSSR count). The first-order valence-electron chi connectivity index (χ1n) is 7.49. The molecule has 6 nitrogen and oxygen atoms in total. The molecule has 0 heterocycles. The van der Waals surface area contributed by atoms with Crippen LogP contribution >= 0.6 is 23.2 Å². The van der Waals surface area contributed by atoms with Gasteiger partial charge in [0.1, 0.15) is 5.92 Å². The van der Waals surface area contributed by atoms with Gasteiger partial charge >= 0.3 is 11.9 Å². The molecule has 136 valence electrons. The molecule has 1 aliphatic carbocycles. The number of aliphatic hydroxyl groups is 1. The molecule has 0 unspecified atom stereocenters. The molecule has 1 aliphatic rings. The van der Waals surface area contributed by atoms with Crippen molar-refractivity contribution in [3.05, 3.63) is 33.8 Å². The van der Waals surface area contributed by atoms with Crippen LogP contribution in [-0.2, 0) is 23.9 Å². The lowest BCUT2D eigenvalue weighted by molar-refractivity contribution is -0.170. The van der Waals surface area contributed by atoms with Gasteiger partial charge in [0, 0.05) is 12.3 Å². The van der Waals surface area contributed by atoms with E-state index in [1.54, 1.807) is 6.07 Å². The van der Waals surface area contributed by atoms with Crippen molar-refractivity contribution in [2.45, 2.75) is 24.9 Å². The van der Waals surface area contributed by atoms with Crippen LogP contribution in [0.25, 0.3) is 0 Å². The molecular weight excluding hydrogens is 371 g/mol. The van der Waals surface area contributed by atoms with Crippen molar-refractivity contribution in [3.63, 3.8) is 0 Å². The summed E-state index contributed by atoms with van der Waals surface area (Å²) in [5.74, 6) is -5.45. The Morgan fingerprint density at radius 2 is 1.76 bits per heavy atom. The third kappa shape index (κ3) is 3.66. The van der Waals surface area contributed by atoms with E-state index in [1.165, 1.54) is 26.2 Å². The molecule has 1 saturated carbocycles. The third-order valence-corrected chi connectivity index (χ3v) is 5.25. The molecule has 1 aromatic carbocycles. The predicted octanol–water partition coefficient (Wildman–Crippen LogP) is 2.38. The molecule has 0 aromatic heterocycles. The summed E-state index contributed by atoms with van der Waals surface area (Å²) >= 11 is 12.0. The molecule has 0 saturated heterocycles. The summed E-state index contributed by atoms with van der Waals surface area (Å²) in [4.78, 5) is 37.2. The minimum Gasteiger partial charge on any atom is -0.469 e. The Morgan fingerprint density at radius 1 is 1.16 bits per heavy atom. The van der Waals surface area contributed by atoms with E-state index in [9.17, 15) is 19.5 Å². The number of hydrogen-bond acceptors (Lipinski definition) is 6. The molecule has 1 N–H and O–H groups in total. The van der Waals surface area contributed by atoms with Gasteiger partial charge < -0.3 is 14.6 Å². The number of benzene rings is 1. The summed E-state index contributed by atoms with van der Waals surface area (Å²) in [5.41, 5.74) is -1.28. The fourth-order valence-electron chi connectivity index (χ4n) is 3.39. The second-order valence-corrected chi connectivity index (χ2v) is 7.02. The highest BCUT2D eigenvalue weighted by Crippen LogP contribution is 2.47. The van der Waals surface area contributed by atoms with E-state index in [2.05, 4.69) is 0 Å². The zero-order chi connectivity index (χ0) is 18.9. The van der Waals surface area contributed by atoms with E-state index >= 15 is 0 Å². The second-order valence-electron chi connectivity index (χ2n) is 6.20. The highest BCUT2D eigenvalue weighted by molar-refractivity contribution is 6.42. The fourth-order valence-corrected chi connectivity index (χ4v) is 3.70. The highest BCUT2D eigenvalue weighted by atomic mass is 35.5. The number of hydrogen-bond donors (Lipinski definition) is 1. The Kier molecular flexibility index (Phi) is 5.76. The number of carbonyl (C=O) groups excluding carboxylic acids is 3. The van der Waals surface area contributed by atoms with Crippen LogP contribution in [0.3, 0.4) is 0 Å². The van der Waals surface area contributed by atoms with E-state index in [-0.39, 0.29) is 16.5 Å². The maximum Gasteiger partial charge on any atom is 0.316 e. The van der Waals surface area contributed by atoms with Crippen LogP contribution in [0.5, 0.6) is 0 Å². The lowest BCUT2D eigenvalue weighted by Crippen LogP contribution is -2.55. The van der Waals surface area contributed by atoms with E-state index < -0.39 is 41.1 Å². The van der Waals surface area contributed by atoms with Crippen LogP contribution in [0, 0.1) is 11.8 Å². The number of ether oxygens (including phenoxy) is 2. The lowest BCUT2D eigenvalue weighted by Gasteiger charge is -2.43. The number of ketones is 1. The predicted molar refractivity (Wildman–Crippen MR) is 90.5 cm³/mol. The normalized spacial score (nSPS) is 29.2. The van der Waals surface area contributed by atoms with Gasteiger partial charge in [0.25, 0.3) is 0 Å². The van der Waals surface area contributed by atoms with Crippen molar-refractivity contribution in [1.29, 1.82) is 0 Å². The summed E-state index contributed by atoms with van der Waals surface area (Å²) in [5, 5.41) is 11.2. The van der Waals surface area contributed by atoms with Crippen molar-refractivity contribution < 1.29 is 29.0 Å². The van der Waals surface area contributed by atoms with Crippen LogP contribution < -0.4 is 0 Å². The highest BCUT2D eigenvalue weighted by Gasteiger charge is 2.56. The molecule has 25 heavy (non-hydrogen) atoms. The Bertz CT molecular complexity index is 715. The van der Waals surface area contributed by atoms with Crippen molar-refractivity contribution >= 4 is 40.9 Å². The van der Waals surface area contributed by atoms with Gasteiger partial charge in [0.05, 0.1) is 35.8 Å². The largest absolute Gasteiger partial charge is 0.469 e. The van der Waals surface area contributed by atoms with Gasteiger partial charge in [0.15, 0.2) is 5.78 Å².